The molecule has 1 amide bonds. The number of H-pyrrole nitrogens is 1. The molecule has 1 spiro atoms. The fourth-order valence-electron chi connectivity index (χ4n) is 4.73. The Labute approximate surface area is 170 Å². The number of rotatable bonds is 5. The van der Waals surface area contributed by atoms with E-state index in [1.807, 2.05) is 23.4 Å². The van der Waals surface area contributed by atoms with E-state index in [9.17, 15) is 4.79 Å². The predicted molar refractivity (Wildman–Crippen MR) is 111 cm³/mol. The summed E-state index contributed by atoms with van der Waals surface area (Å²) in [6, 6.07) is 3.93. The first kappa shape index (κ1) is 19.6. The van der Waals surface area contributed by atoms with Gasteiger partial charge in [-0.05, 0) is 30.9 Å². The van der Waals surface area contributed by atoms with Gasteiger partial charge in [0.1, 0.15) is 0 Å². The molecule has 2 aliphatic rings. The first-order chi connectivity index (χ1) is 13.5. The third kappa shape index (κ3) is 3.51. The summed E-state index contributed by atoms with van der Waals surface area (Å²) < 4.78 is 5.18. The summed E-state index contributed by atoms with van der Waals surface area (Å²) in [5, 5.41) is 0. The van der Waals surface area contributed by atoms with E-state index in [0.717, 1.165) is 55.2 Å². The Morgan fingerprint density at radius 2 is 2.11 bits per heavy atom. The molecular formula is C21H30N4O2S. The van der Waals surface area contributed by atoms with Crippen molar-refractivity contribution in [3.63, 3.8) is 0 Å². The van der Waals surface area contributed by atoms with E-state index < -0.39 is 0 Å². The van der Waals surface area contributed by atoms with Crippen molar-refractivity contribution in [1.82, 2.24) is 19.8 Å². The number of carbonyl (C=O) groups is 1. The van der Waals surface area contributed by atoms with Crippen molar-refractivity contribution < 1.29 is 9.53 Å². The van der Waals surface area contributed by atoms with Crippen LogP contribution in [-0.2, 0) is 23.3 Å². The second-order valence-electron chi connectivity index (χ2n) is 8.34. The number of carbonyl (C=O) groups excluding carboxylic acids is 1. The van der Waals surface area contributed by atoms with E-state index in [4.69, 9.17) is 9.72 Å². The van der Waals surface area contributed by atoms with Crippen LogP contribution in [0.1, 0.15) is 52.6 Å². The first-order valence-corrected chi connectivity index (χ1v) is 11.0. The van der Waals surface area contributed by atoms with Gasteiger partial charge in [-0.25, -0.2) is 4.98 Å². The predicted octanol–water partition coefficient (Wildman–Crippen LogP) is 3.26. The molecule has 4 rings (SSSR count). The fraction of sp³-hybridized carbons (Fsp3) is 0.619. The van der Waals surface area contributed by atoms with E-state index in [1.165, 1.54) is 11.4 Å². The van der Waals surface area contributed by atoms with Gasteiger partial charge in [0.2, 0.25) is 0 Å². The molecule has 0 unspecified atom stereocenters. The number of aromatic nitrogens is 2. The number of amides is 1. The molecule has 2 aromatic heterocycles. The molecule has 7 heteroatoms. The summed E-state index contributed by atoms with van der Waals surface area (Å²) in [4.78, 5) is 27.6. The second kappa shape index (κ2) is 7.97. The molecule has 0 aromatic carbocycles. The number of imidazole rings is 1. The van der Waals surface area contributed by atoms with Crippen LogP contribution in [0.5, 0.6) is 0 Å². The zero-order chi connectivity index (χ0) is 19.7. The molecule has 2 aliphatic heterocycles. The molecule has 6 nitrogen and oxygen atoms in total. The number of nitrogens with one attached hydrogen (secondary N) is 1. The minimum atomic E-state index is -0.0364. The topological polar surface area (TPSA) is 61.5 Å². The van der Waals surface area contributed by atoms with E-state index in [1.54, 1.807) is 18.4 Å². The molecule has 28 heavy (non-hydrogen) atoms. The van der Waals surface area contributed by atoms with E-state index >= 15 is 0 Å². The van der Waals surface area contributed by atoms with Crippen LogP contribution in [0.3, 0.4) is 0 Å². The quantitative estimate of drug-likeness (QED) is 0.834. The lowest BCUT2D eigenvalue weighted by molar-refractivity contribution is 0.000756. The molecule has 0 aliphatic carbocycles. The number of aromatic amines is 1. The lowest BCUT2D eigenvalue weighted by Crippen LogP contribution is -2.57. The number of methoxy groups -OCH3 is 1. The Balaban J connectivity index is 1.51. The highest BCUT2D eigenvalue weighted by Crippen LogP contribution is 2.42. The zero-order valence-electron chi connectivity index (χ0n) is 17.0. The van der Waals surface area contributed by atoms with Gasteiger partial charge in [-0.2, -0.15) is 0 Å². The summed E-state index contributed by atoms with van der Waals surface area (Å²) >= 11 is 1.54. The van der Waals surface area contributed by atoms with Gasteiger partial charge in [0.15, 0.2) is 0 Å². The van der Waals surface area contributed by atoms with Gasteiger partial charge in [-0.1, -0.05) is 13.8 Å². The molecule has 1 fully saturated rings. The van der Waals surface area contributed by atoms with Gasteiger partial charge in [0, 0.05) is 50.3 Å². The van der Waals surface area contributed by atoms with Gasteiger partial charge in [0.25, 0.3) is 5.91 Å². The van der Waals surface area contributed by atoms with Gasteiger partial charge in [0.05, 0.1) is 29.0 Å². The Morgan fingerprint density at radius 1 is 1.32 bits per heavy atom. The Hall–Kier alpha value is -1.70. The fourth-order valence-corrected chi connectivity index (χ4v) is 5.68. The average Bonchev–Trinajstić information content (AvgIpc) is 3.34. The largest absolute Gasteiger partial charge is 0.379 e. The van der Waals surface area contributed by atoms with Crippen LogP contribution in [0.2, 0.25) is 0 Å². The van der Waals surface area contributed by atoms with Crippen molar-refractivity contribution in [3.05, 3.63) is 39.6 Å². The molecule has 0 saturated carbocycles. The third-order valence-corrected chi connectivity index (χ3v) is 7.07. The van der Waals surface area contributed by atoms with Gasteiger partial charge < -0.3 is 14.6 Å². The van der Waals surface area contributed by atoms with Crippen LogP contribution in [0.15, 0.2) is 18.5 Å². The standard InChI is InChI=1S/C21H30N4O2S/c1-15(2)12-25-9-6-17-19(23-14-22-17)21(25)7-10-24(11-8-21)20(26)18-5-4-16(28-18)13-27-3/h4-5,14-15H,6-13H2,1-3H3,(H,22,23). The van der Waals surface area contributed by atoms with Crippen LogP contribution >= 0.6 is 11.3 Å². The highest BCUT2D eigenvalue weighted by atomic mass is 32.1. The van der Waals surface area contributed by atoms with E-state index in [0.29, 0.717) is 12.5 Å². The molecule has 1 N–H and O–H groups in total. The summed E-state index contributed by atoms with van der Waals surface area (Å²) in [5.41, 5.74) is 2.46. The smallest absolute Gasteiger partial charge is 0.263 e. The lowest BCUT2D eigenvalue weighted by Gasteiger charge is -2.51. The maximum atomic E-state index is 13.0. The number of thiophene rings is 1. The molecular weight excluding hydrogens is 372 g/mol. The Bertz CT molecular complexity index is 820. The van der Waals surface area contributed by atoms with Crippen LogP contribution in [0.4, 0.5) is 0 Å². The van der Waals surface area contributed by atoms with Crippen molar-refractivity contribution in [3.8, 4) is 0 Å². The number of piperidine rings is 1. The second-order valence-corrected chi connectivity index (χ2v) is 9.51. The normalized spacial score (nSPS) is 19.4. The lowest BCUT2D eigenvalue weighted by atomic mass is 9.78. The van der Waals surface area contributed by atoms with Crippen molar-refractivity contribution >= 4 is 17.2 Å². The molecule has 1 saturated heterocycles. The number of ether oxygens (including phenoxy) is 1. The highest BCUT2D eigenvalue weighted by Gasteiger charge is 2.47. The minimum absolute atomic E-state index is 0.0364. The number of likely N-dealkylation sites (tertiary alicyclic amines) is 1. The summed E-state index contributed by atoms with van der Waals surface area (Å²) in [7, 11) is 1.68. The summed E-state index contributed by atoms with van der Waals surface area (Å²) in [6.07, 6.45) is 4.76. The number of hydrogen-bond acceptors (Lipinski definition) is 5. The van der Waals surface area contributed by atoms with Gasteiger partial charge in [-0.3, -0.25) is 9.69 Å². The third-order valence-electron chi connectivity index (χ3n) is 6.02. The number of nitrogens with zero attached hydrogens (tertiary/aromatic N) is 3. The summed E-state index contributed by atoms with van der Waals surface area (Å²) in [6.45, 7) is 8.81. The SMILES string of the molecule is COCc1ccc(C(=O)N2CCC3(CC2)c2nc[nH]c2CCN3CC(C)C)s1. The van der Waals surface area contributed by atoms with Crippen LogP contribution < -0.4 is 0 Å². The van der Waals surface area contributed by atoms with E-state index in [-0.39, 0.29) is 11.4 Å². The Kier molecular flexibility index (Phi) is 5.58. The first-order valence-electron chi connectivity index (χ1n) is 10.2. The zero-order valence-corrected chi connectivity index (χ0v) is 17.8. The van der Waals surface area contributed by atoms with Crippen molar-refractivity contribution in [2.45, 2.75) is 45.3 Å². The molecule has 0 radical (unpaired) electrons. The van der Waals surface area contributed by atoms with Crippen LogP contribution in [0.25, 0.3) is 0 Å². The molecule has 2 aromatic rings. The van der Waals surface area contributed by atoms with Crippen LogP contribution in [0, 0.1) is 5.92 Å². The number of fused-ring (bicyclic) bond motifs is 2. The van der Waals surface area contributed by atoms with Crippen molar-refractivity contribution in [2.24, 2.45) is 5.92 Å². The van der Waals surface area contributed by atoms with Gasteiger partial charge >= 0.3 is 0 Å². The molecule has 0 bridgehead atoms. The average molecular weight is 403 g/mol. The Morgan fingerprint density at radius 3 is 2.82 bits per heavy atom. The molecule has 152 valence electrons. The van der Waals surface area contributed by atoms with Gasteiger partial charge in [-0.15, -0.1) is 11.3 Å². The maximum absolute atomic E-state index is 13.0. The molecule has 0 atom stereocenters. The van der Waals surface area contributed by atoms with E-state index in [2.05, 4.69) is 23.7 Å². The highest BCUT2D eigenvalue weighted by molar-refractivity contribution is 7.14. The van der Waals surface area contributed by atoms with Crippen molar-refractivity contribution in [2.75, 3.05) is 33.3 Å². The monoisotopic (exact) mass is 402 g/mol. The van der Waals surface area contributed by atoms with Crippen LogP contribution in [-0.4, -0.2) is 59.0 Å². The number of hydrogen-bond donors (Lipinski definition) is 1. The minimum Gasteiger partial charge on any atom is -0.379 e. The summed E-state index contributed by atoms with van der Waals surface area (Å²) in [5.74, 6) is 0.762. The van der Waals surface area contributed by atoms with Crippen molar-refractivity contribution in [1.29, 1.82) is 0 Å². The molecule has 4 heterocycles. The maximum Gasteiger partial charge on any atom is 0.263 e.